The molecule has 6 nitrogen and oxygen atoms in total. The molecule has 1 aliphatic heterocycles. The first-order valence-electron chi connectivity index (χ1n) is 5.88. The highest BCUT2D eigenvalue weighted by Crippen LogP contribution is 2.29. The summed E-state index contributed by atoms with van der Waals surface area (Å²) in [5.74, 6) is -5.27. The number of nitrogens with one attached hydrogen (secondary N) is 1. The SMILES string of the molecule is C[C@@H]1O[C@@H](Cl)[C@H](O)C(NC(=O)C(F)(F)F)[C@@H]1OC(=O)C(F)(F)F. The van der Waals surface area contributed by atoms with Crippen LogP contribution in [-0.2, 0) is 19.1 Å². The second-order valence-corrected chi connectivity index (χ2v) is 4.98. The molecule has 134 valence electrons. The average molecular weight is 374 g/mol. The van der Waals surface area contributed by atoms with Crippen LogP contribution in [0.25, 0.3) is 0 Å². The molecular weight excluding hydrogens is 364 g/mol. The molecule has 0 radical (unpaired) electrons. The lowest BCUT2D eigenvalue weighted by atomic mass is 9.97. The molecule has 5 atom stereocenters. The van der Waals surface area contributed by atoms with Crippen molar-refractivity contribution in [2.75, 3.05) is 0 Å². The molecule has 1 heterocycles. The highest BCUT2D eigenvalue weighted by atomic mass is 35.5. The Labute approximate surface area is 129 Å². The van der Waals surface area contributed by atoms with Crippen LogP contribution in [0.15, 0.2) is 0 Å². The minimum absolute atomic E-state index is 1.04. The Bertz CT molecular complexity index is 470. The maximum absolute atomic E-state index is 12.3. The van der Waals surface area contributed by atoms with E-state index in [0.29, 0.717) is 0 Å². The van der Waals surface area contributed by atoms with Gasteiger partial charge in [-0.25, -0.2) is 4.79 Å². The maximum Gasteiger partial charge on any atom is 0.490 e. The van der Waals surface area contributed by atoms with E-state index in [9.17, 15) is 41.0 Å². The molecule has 23 heavy (non-hydrogen) atoms. The van der Waals surface area contributed by atoms with Crippen molar-refractivity contribution >= 4 is 23.5 Å². The van der Waals surface area contributed by atoms with E-state index in [2.05, 4.69) is 4.74 Å². The van der Waals surface area contributed by atoms with E-state index in [-0.39, 0.29) is 0 Å². The van der Waals surface area contributed by atoms with Crippen molar-refractivity contribution < 1.29 is 50.5 Å². The van der Waals surface area contributed by atoms with Gasteiger partial charge in [-0.15, -0.1) is 0 Å². The molecule has 13 heteroatoms. The third-order valence-corrected chi connectivity index (χ3v) is 3.19. The lowest BCUT2D eigenvalue weighted by molar-refractivity contribution is -0.225. The first-order valence-corrected chi connectivity index (χ1v) is 6.32. The summed E-state index contributed by atoms with van der Waals surface area (Å²) in [4.78, 5) is 21.8. The number of hydrogen-bond acceptors (Lipinski definition) is 5. The largest absolute Gasteiger partial charge is 0.490 e. The topological polar surface area (TPSA) is 84.9 Å². The van der Waals surface area contributed by atoms with E-state index in [1.807, 2.05) is 0 Å². The monoisotopic (exact) mass is 373 g/mol. The van der Waals surface area contributed by atoms with Gasteiger partial charge in [0.2, 0.25) is 0 Å². The number of carbonyl (C=O) groups excluding carboxylic acids is 2. The fourth-order valence-corrected chi connectivity index (χ4v) is 2.09. The minimum atomic E-state index is -5.43. The number of hydrogen-bond donors (Lipinski definition) is 2. The highest BCUT2D eigenvalue weighted by Gasteiger charge is 2.52. The van der Waals surface area contributed by atoms with Crippen molar-refractivity contribution in [3.05, 3.63) is 0 Å². The normalized spacial score (nSPS) is 32.3. The summed E-state index contributed by atoms with van der Waals surface area (Å²) < 4.78 is 82.2. The Hall–Kier alpha value is -1.27. The number of aliphatic hydroxyl groups is 1. The third kappa shape index (κ3) is 4.85. The number of amides is 1. The van der Waals surface area contributed by atoms with E-state index in [1.165, 1.54) is 5.32 Å². The van der Waals surface area contributed by atoms with Crippen LogP contribution in [-0.4, -0.2) is 59.3 Å². The lowest BCUT2D eigenvalue weighted by Crippen LogP contribution is -2.64. The van der Waals surface area contributed by atoms with Gasteiger partial charge in [0.25, 0.3) is 0 Å². The standard InChI is InChI=1S/C10H10ClF6NO5/c1-2-5(23-8(21)10(15,16)17)3(4(19)6(11)22-2)18-7(20)9(12,13)14/h2-6,19H,1H3,(H,18,20)/t2-,3?,4+,5+,6+/m0/s1. The molecule has 0 bridgehead atoms. The van der Waals surface area contributed by atoms with Crippen molar-refractivity contribution in [3.8, 4) is 0 Å². The van der Waals surface area contributed by atoms with Crippen molar-refractivity contribution in [1.29, 1.82) is 0 Å². The van der Waals surface area contributed by atoms with Gasteiger partial charge >= 0.3 is 24.2 Å². The second kappa shape index (κ2) is 6.69. The van der Waals surface area contributed by atoms with Crippen LogP contribution in [0.3, 0.4) is 0 Å². The average Bonchev–Trinajstić information content (AvgIpc) is 2.37. The van der Waals surface area contributed by atoms with Gasteiger partial charge < -0.3 is 19.9 Å². The zero-order valence-electron chi connectivity index (χ0n) is 11.1. The molecule has 0 aromatic rings. The molecule has 1 amide bonds. The first kappa shape index (κ1) is 19.8. The zero-order valence-corrected chi connectivity index (χ0v) is 11.9. The van der Waals surface area contributed by atoms with Gasteiger partial charge in [-0.2, -0.15) is 26.3 Å². The summed E-state index contributed by atoms with van der Waals surface area (Å²) in [7, 11) is 0. The van der Waals surface area contributed by atoms with Gasteiger partial charge in [-0.1, -0.05) is 11.6 Å². The Balaban J connectivity index is 3.01. The van der Waals surface area contributed by atoms with E-state index < -0.39 is 54.1 Å². The molecule has 1 unspecified atom stereocenters. The number of halogens is 7. The fraction of sp³-hybridized carbons (Fsp3) is 0.800. The summed E-state index contributed by atoms with van der Waals surface area (Å²) in [6.07, 6.45) is -16.3. The van der Waals surface area contributed by atoms with Crippen molar-refractivity contribution in [2.24, 2.45) is 0 Å². The quantitative estimate of drug-likeness (QED) is 0.426. The van der Waals surface area contributed by atoms with Gasteiger partial charge in [-0.05, 0) is 6.92 Å². The molecule has 1 rings (SSSR count). The second-order valence-electron chi connectivity index (χ2n) is 4.55. The molecule has 1 saturated heterocycles. The van der Waals surface area contributed by atoms with Gasteiger partial charge in [0.15, 0.2) is 11.7 Å². The van der Waals surface area contributed by atoms with Crippen LogP contribution in [0.2, 0.25) is 0 Å². The summed E-state index contributed by atoms with van der Waals surface area (Å²) in [6, 6.07) is -2.05. The Morgan fingerprint density at radius 2 is 1.70 bits per heavy atom. The van der Waals surface area contributed by atoms with Gasteiger partial charge in [0.1, 0.15) is 6.10 Å². The molecule has 0 aliphatic carbocycles. The van der Waals surface area contributed by atoms with Crippen molar-refractivity contribution in [2.45, 2.75) is 49.2 Å². The molecule has 2 N–H and O–H groups in total. The first-order chi connectivity index (χ1) is 10.2. The number of aliphatic hydroxyl groups excluding tert-OH is 1. The smallest absolute Gasteiger partial charge is 0.451 e. The molecule has 1 fully saturated rings. The van der Waals surface area contributed by atoms with Crippen LogP contribution in [0.4, 0.5) is 26.3 Å². The Morgan fingerprint density at radius 1 is 1.17 bits per heavy atom. The van der Waals surface area contributed by atoms with Crippen LogP contribution >= 0.6 is 11.6 Å². The van der Waals surface area contributed by atoms with Crippen molar-refractivity contribution in [1.82, 2.24) is 5.32 Å². The number of rotatable bonds is 2. The van der Waals surface area contributed by atoms with Gasteiger partial charge in [-0.3, -0.25) is 4.79 Å². The number of esters is 1. The molecule has 0 spiro atoms. The summed E-state index contributed by atoms with van der Waals surface area (Å²) in [5.41, 5.74) is -1.63. The Morgan fingerprint density at radius 3 is 2.13 bits per heavy atom. The van der Waals surface area contributed by atoms with E-state index in [0.717, 1.165) is 6.92 Å². The van der Waals surface area contributed by atoms with Crippen LogP contribution < -0.4 is 5.32 Å². The van der Waals surface area contributed by atoms with Crippen LogP contribution in [0.1, 0.15) is 6.92 Å². The third-order valence-electron chi connectivity index (χ3n) is 2.83. The molecule has 0 aromatic heterocycles. The van der Waals surface area contributed by atoms with Crippen LogP contribution in [0.5, 0.6) is 0 Å². The van der Waals surface area contributed by atoms with E-state index >= 15 is 0 Å². The van der Waals surface area contributed by atoms with E-state index in [4.69, 9.17) is 16.3 Å². The summed E-state index contributed by atoms with van der Waals surface area (Å²) in [6.45, 7) is 1.04. The number of carbonyl (C=O) groups is 2. The van der Waals surface area contributed by atoms with E-state index in [1.54, 1.807) is 0 Å². The summed E-state index contributed by atoms with van der Waals surface area (Å²) >= 11 is 5.48. The molecular formula is C10H10ClF6NO5. The molecule has 1 aliphatic rings. The predicted molar refractivity (Wildman–Crippen MR) is 60.1 cm³/mol. The predicted octanol–water partition coefficient (Wildman–Crippen LogP) is 0.852. The van der Waals surface area contributed by atoms with Crippen LogP contribution in [0, 0.1) is 0 Å². The fourth-order valence-electron chi connectivity index (χ4n) is 1.77. The molecule has 0 aromatic carbocycles. The van der Waals surface area contributed by atoms with Gasteiger partial charge in [0.05, 0.1) is 12.1 Å². The maximum atomic E-state index is 12.3. The highest BCUT2D eigenvalue weighted by molar-refractivity contribution is 6.20. The lowest BCUT2D eigenvalue weighted by Gasteiger charge is -2.41. The molecule has 0 saturated carbocycles. The minimum Gasteiger partial charge on any atom is -0.451 e. The number of alkyl halides is 7. The zero-order chi connectivity index (χ0) is 18.2. The van der Waals surface area contributed by atoms with Crippen molar-refractivity contribution in [3.63, 3.8) is 0 Å². The van der Waals surface area contributed by atoms with Gasteiger partial charge in [0, 0.05) is 0 Å². The number of ether oxygens (including phenoxy) is 2. The summed E-state index contributed by atoms with van der Waals surface area (Å²) in [5, 5.41) is 10.9. The Kier molecular flexibility index (Phi) is 5.75.